The lowest BCUT2D eigenvalue weighted by molar-refractivity contribution is -0.148. The highest BCUT2D eigenvalue weighted by atomic mass is 16.5. The molecule has 4 heteroatoms. The maximum atomic E-state index is 12.2. The lowest BCUT2D eigenvalue weighted by Crippen LogP contribution is -2.47. The summed E-state index contributed by atoms with van der Waals surface area (Å²) < 4.78 is 4.82. The predicted octanol–water partition coefficient (Wildman–Crippen LogP) is 1.90. The van der Waals surface area contributed by atoms with E-state index in [1.165, 1.54) is 7.11 Å². The summed E-state index contributed by atoms with van der Waals surface area (Å²) in [4.78, 5) is 25.8. The van der Waals surface area contributed by atoms with Gasteiger partial charge in [0.15, 0.2) is 5.78 Å². The van der Waals surface area contributed by atoms with Crippen molar-refractivity contribution >= 4 is 11.8 Å². The second-order valence-corrected chi connectivity index (χ2v) is 4.79. The van der Waals surface area contributed by atoms with Gasteiger partial charge in [-0.15, -0.1) is 0 Å². The Labute approximate surface area is 113 Å². The fourth-order valence-electron chi connectivity index (χ4n) is 2.48. The monoisotopic (exact) mass is 261 g/mol. The second-order valence-electron chi connectivity index (χ2n) is 4.79. The van der Waals surface area contributed by atoms with Gasteiger partial charge in [0.25, 0.3) is 0 Å². The molecule has 0 N–H and O–H groups in total. The van der Waals surface area contributed by atoms with Crippen molar-refractivity contribution in [3.05, 3.63) is 35.9 Å². The van der Waals surface area contributed by atoms with E-state index < -0.39 is 0 Å². The van der Waals surface area contributed by atoms with Crippen LogP contribution in [0.15, 0.2) is 30.3 Å². The van der Waals surface area contributed by atoms with Crippen molar-refractivity contribution in [2.75, 3.05) is 20.2 Å². The normalized spacial score (nSPS) is 19.9. The van der Waals surface area contributed by atoms with Crippen molar-refractivity contribution in [2.45, 2.75) is 25.3 Å². The van der Waals surface area contributed by atoms with E-state index in [0.717, 1.165) is 25.8 Å². The van der Waals surface area contributed by atoms with Crippen molar-refractivity contribution < 1.29 is 14.3 Å². The molecule has 1 aliphatic rings. The maximum Gasteiger partial charge on any atom is 0.323 e. The number of esters is 1. The van der Waals surface area contributed by atoms with Gasteiger partial charge in [-0.3, -0.25) is 14.5 Å². The molecule has 1 fully saturated rings. The topological polar surface area (TPSA) is 46.6 Å². The minimum absolute atomic E-state index is 0.0522. The van der Waals surface area contributed by atoms with Crippen molar-refractivity contribution in [3.63, 3.8) is 0 Å². The first kappa shape index (κ1) is 13.7. The standard InChI is InChI=1S/C15H19NO3/c1-19-15(18)13-9-5-6-10-16(13)11-14(17)12-7-3-2-4-8-12/h2-4,7-8,13H,5-6,9-11H2,1H3/t13-/m0/s1. The van der Waals surface area contributed by atoms with E-state index in [2.05, 4.69) is 0 Å². The Morgan fingerprint density at radius 1 is 1.26 bits per heavy atom. The number of hydrogen-bond acceptors (Lipinski definition) is 4. The molecule has 0 saturated carbocycles. The number of ketones is 1. The molecule has 1 saturated heterocycles. The minimum Gasteiger partial charge on any atom is -0.468 e. The van der Waals surface area contributed by atoms with Crippen LogP contribution in [0.25, 0.3) is 0 Å². The zero-order valence-electron chi connectivity index (χ0n) is 11.2. The van der Waals surface area contributed by atoms with E-state index in [1.54, 1.807) is 12.1 Å². The summed E-state index contributed by atoms with van der Waals surface area (Å²) in [6, 6.07) is 8.92. The van der Waals surface area contributed by atoms with Crippen molar-refractivity contribution in [2.24, 2.45) is 0 Å². The summed E-state index contributed by atoms with van der Waals surface area (Å²) in [6.07, 6.45) is 2.81. The Morgan fingerprint density at radius 3 is 2.68 bits per heavy atom. The lowest BCUT2D eigenvalue weighted by atomic mass is 10.0. The van der Waals surface area contributed by atoms with Crippen LogP contribution in [0.4, 0.5) is 0 Å². The van der Waals surface area contributed by atoms with E-state index in [-0.39, 0.29) is 24.3 Å². The summed E-state index contributed by atoms with van der Waals surface area (Å²) in [5.74, 6) is -0.183. The third kappa shape index (κ3) is 3.41. The quantitative estimate of drug-likeness (QED) is 0.613. The molecule has 1 aliphatic heterocycles. The van der Waals surface area contributed by atoms with Gasteiger partial charge in [-0.05, 0) is 19.4 Å². The summed E-state index contributed by atoms with van der Waals surface area (Å²) in [6.45, 7) is 1.06. The predicted molar refractivity (Wildman–Crippen MR) is 72.0 cm³/mol. The van der Waals surface area contributed by atoms with Crippen LogP contribution in [0.1, 0.15) is 29.6 Å². The van der Waals surface area contributed by atoms with Gasteiger partial charge in [-0.2, -0.15) is 0 Å². The first-order chi connectivity index (χ1) is 9.22. The minimum atomic E-state index is -0.272. The molecule has 0 aromatic heterocycles. The van der Waals surface area contributed by atoms with Gasteiger partial charge < -0.3 is 4.74 Å². The van der Waals surface area contributed by atoms with Gasteiger partial charge in [0.1, 0.15) is 6.04 Å². The van der Waals surface area contributed by atoms with Gasteiger partial charge in [-0.25, -0.2) is 0 Å². The van der Waals surface area contributed by atoms with Crippen molar-refractivity contribution in [3.8, 4) is 0 Å². The van der Waals surface area contributed by atoms with E-state index in [0.29, 0.717) is 5.56 Å². The molecule has 0 aliphatic carbocycles. The number of Topliss-reactive ketones (excluding diaryl/α,β-unsaturated/α-hetero) is 1. The van der Waals surface area contributed by atoms with Gasteiger partial charge in [-0.1, -0.05) is 36.8 Å². The Morgan fingerprint density at radius 2 is 2.00 bits per heavy atom. The van der Waals surface area contributed by atoms with Crippen LogP contribution in [-0.4, -0.2) is 42.9 Å². The molecule has 1 aromatic carbocycles. The van der Waals surface area contributed by atoms with E-state index in [4.69, 9.17) is 4.74 Å². The molecule has 0 amide bonds. The largest absolute Gasteiger partial charge is 0.468 e. The van der Waals surface area contributed by atoms with E-state index in [1.807, 2.05) is 23.1 Å². The number of benzene rings is 1. The Hall–Kier alpha value is -1.68. The highest BCUT2D eigenvalue weighted by Crippen LogP contribution is 2.18. The maximum absolute atomic E-state index is 12.2. The molecule has 1 heterocycles. The molecule has 102 valence electrons. The van der Waals surface area contributed by atoms with E-state index in [9.17, 15) is 9.59 Å². The molecule has 1 atom stereocenters. The van der Waals surface area contributed by atoms with Crippen LogP contribution in [0.3, 0.4) is 0 Å². The number of hydrogen-bond donors (Lipinski definition) is 0. The Balaban J connectivity index is 2.03. The number of rotatable bonds is 4. The average molecular weight is 261 g/mol. The molecule has 4 nitrogen and oxygen atoms in total. The molecule has 19 heavy (non-hydrogen) atoms. The SMILES string of the molecule is COC(=O)[C@@H]1CCCCN1CC(=O)c1ccccc1. The molecule has 0 unspecified atom stereocenters. The zero-order chi connectivity index (χ0) is 13.7. The number of likely N-dealkylation sites (tertiary alicyclic amines) is 1. The zero-order valence-corrected chi connectivity index (χ0v) is 11.2. The number of methoxy groups -OCH3 is 1. The van der Waals surface area contributed by atoms with Gasteiger partial charge >= 0.3 is 5.97 Å². The molecule has 0 spiro atoms. The van der Waals surface area contributed by atoms with E-state index >= 15 is 0 Å². The van der Waals surface area contributed by atoms with Gasteiger partial charge in [0.05, 0.1) is 13.7 Å². The second kappa shape index (κ2) is 6.48. The lowest BCUT2D eigenvalue weighted by Gasteiger charge is -2.33. The first-order valence-corrected chi connectivity index (χ1v) is 6.62. The molecule has 0 radical (unpaired) electrons. The number of ether oxygens (including phenoxy) is 1. The fourth-order valence-corrected chi connectivity index (χ4v) is 2.48. The summed E-state index contributed by atoms with van der Waals surface area (Å²) in [7, 11) is 1.40. The molecular weight excluding hydrogens is 242 g/mol. The number of piperidine rings is 1. The van der Waals surface area contributed by atoms with Crippen LogP contribution in [0, 0.1) is 0 Å². The Bertz CT molecular complexity index is 444. The molecule has 1 aromatic rings. The third-order valence-electron chi connectivity index (χ3n) is 3.53. The highest BCUT2D eigenvalue weighted by molar-refractivity contribution is 5.97. The van der Waals surface area contributed by atoms with Crippen LogP contribution >= 0.6 is 0 Å². The smallest absolute Gasteiger partial charge is 0.323 e. The average Bonchev–Trinajstić information content (AvgIpc) is 2.48. The van der Waals surface area contributed by atoms with Crippen LogP contribution < -0.4 is 0 Å². The van der Waals surface area contributed by atoms with Crippen LogP contribution in [0.2, 0.25) is 0 Å². The van der Waals surface area contributed by atoms with Gasteiger partial charge in [0.2, 0.25) is 0 Å². The highest BCUT2D eigenvalue weighted by Gasteiger charge is 2.30. The number of nitrogens with zero attached hydrogens (tertiary/aromatic N) is 1. The number of carbonyl (C=O) groups excluding carboxylic acids is 2. The summed E-state index contributed by atoms with van der Waals surface area (Å²) >= 11 is 0. The molecular formula is C15H19NO3. The van der Waals surface area contributed by atoms with Crippen molar-refractivity contribution in [1.29, 1.82) is 0 Å². The number of carbonyl (C=O) groups is 2. The fraction of sp³-hybridized carbons (Fsp3) is 0.467. The molecule has 0 bridgehead atoms. The summed E-state index contributed by atoms with van der Waals surface area (Å²) in [5, 5.41) is 0. The third-order valence-corrected chi connectivity index (χ3v) is 3.53. The summed E-state index contributed by atoms with van der Waals surface area (Å²) in [5.41, 5.74) is 0.691. The Kier molecular flexibility index (Phi) is 4.68. The molecule has 2 rings (SSSR count). The van der Waals surface area contributed by atoms with Crippen LogP contribution in [-0.2, 0) is 9.53 Å². The first-order valence-electron chi connectivity index (χ1n) is 6.62. The van der Waals surface area contributed by atoms with Gasteiger partial charge in [0, 0.05) is 5.56 Å². The van der Waals surface area contributed by atoms with Crippen molar-refractivity contribution in [1.82, 2.24) is 4.90 Å². The van der Waals surface area contributed by atoms with Crippen LogP contribution in [0.5, 0.6) is 0 Å².